The molecule has 1 amide bonds. The number of carbonyl (C=O) groups excluding carboxylic acids is 1. The summed E-state index contributed by atoms with van der Waals surface area (Å²) < 4.78 is 53.2. The Morgan fingerprint density at radius 2 is 1.91 bits per heavy atom. The Morgan fingerprint density at radius 1 is 1.15 bits per heavy atom. The second kappa shape index (κ2) is 9.19. The molecule has 0 saturated carbocycles. The average molecular weight is 457 g/mol. The molecule has 2 heterocycles. The van der Waals surface area contributed by atoms with Crippen molar-refractivity contribution in [3.8, 4) is 17.1 Å². The van der Waals surface area contributed by atoms with Crippen LogP contribution in [0.5, 0.6) is 5.75 Å². The number of hydrogen-bond acceptors (Lipinski definition) is 6. The number of allylic oxidation sites excluding steroid dienone is 1. The molecule has 2 aromatic carbocycles. The number of alkyl halides is 3. The van der Waals surface area contributed by atoms with Gasteiger partial charge in [0, 0.05) is 17.0 Å². The number of benzene rings is 2. The Kier molecular flexibility index (Phi) is 6.16. The van der Waals surface area contributed by atoms with Crippen LogP contribution >= 0.6 is 0 Å². The molecule has 170 valence electrons. The maximum absolute atomic E-state index is 12.6. The van der Waals surface area contributed by atoms with E-state index in [1.165, 1.54) is 18.2 Å². The van der Waals surface area contributed by atoms with E-state index in [1.807, 2.05) is 30.3 Å². The number of rotatable bonds is 7. The lowest BCUT2D eigenvalue weighted by molar-refractivity contribution is -0.159. The Hall–Kier alpha value is -4.08. The van der Waals surface area contributed by atoms with Gasteiger partial charge in [-0.05, 0) is 48.9 Å². The average Bonchev–Trinajstić information content (AvgIpc) is 3.44. The van der Waals surface area contributed by atoms with Crippen LogP contribution in [-0.2, 0) is 11.0 Å². The van der Waals surface area contributed by atoms with Crippen LogP contribution in [0.25, 0.3) is 27.9 Å². The van der Waals surface area contributed by atoms with Crippen LogP contribution in [0.4, 0.5) is 13.2 Å². The molecular weight excluding hydrogens is 439 g/mol. The molecule has 0 radical (unpaired) electrons. The molecule has 0 aliphatic heterocycles. The normalized spacial score (nSPS) is 12.2. The van der Waals surface area contributed by atoms with Crippen molar-refractivity contribution in [2.75, 3.05) is 13.2 Å². The highest BCUT2D eigenvalue weighted by Crippen LogP contribution is 2.29. The molecule has 0 bridgehead atoms. The summed E-state index contributed by atoms with van der Waals surface area (Å²) in [4.78, 5) is 15.5. The van der Waals surface area contributed by atoms with Gasteiger partial charge in [-0.3, -0.25) is 4.79 Å². The molecule has 2 aromatic heterocycles. The molecule has 10 heteroatoms. The van der Waals surface area contributed by atoms with Crippen LogP contribution in [0.2, 0.25) is 0 Å². The molecule has 0 aliphatic rings. The fraction of sp³-hybridized carbons (Fsp3) is 0.174. The molecule has 4 rings (SSSR count). The first-order chi connectivity index (χ1) is 15.8. The molecule has 1 N–H and O–H groups in total. The summed E-state index contributed by atoms with van der Waals surface area (Å²) in [7, 11) is 0. The third kappa shape index (κ3) is 5.40. The van der Waals surface area contributed by atoms with Gasteiger partial charge in [0.1, 0.15) is 23.7 Å². The number of para-hydroxylation sites is 1. The van der Waals surface area contributed by atoms with Gasteiger partial charge in [0.05, 0.1) is 6.54 Å². The summed E-state index contributed by atoms with van der Waals surface area (Å²) in [5, 5.41) is 7.01. The molecule has 4 aromatic rings. The first-order valence-electron chi connectivity index (χ1n) is 9.89. The highest BCUT2D eigenvalue weighted by Gasteiger charge is 2.38. The largest absolute Gasteiger partial charge is 0.492 e. The molecule has 0 fully saturated rings. The number of aromatic nitrogens is 2. The van der Waals surface area contributed by atoms with Crippen LogP contribution in [0, 0.1) is 0 Å². The van der Waals surface area contributed by atoms with Gasteiger partial charge in [-0.25, -0.2) is 0 Å². The van der Waals surface area contributed by atoms with Gasteiger partial charge in [0.15, 0.2) is 0 Å². The minimum atomic E-state index is -4.70. The maximum Gasteiger partial charge on any atom is 0.471 e. The van der Waals surface area contributed by atoms with Crippen molar-refractivity contribution in [2.24, 2.45) is 0 Å². The highest BCUT2D eigenvalue weighted by atomic mass is 19.4. The predicted molar refractivity (Wildman–Crippen MR) is 113 cm³/mol. The van der Waals surface area contributed by atoms with Crippen molar-refractivity contribution in [1.29, 1.82) is 0 Å². The van der Waals surface area contributed by atoms with E-state index in [9.17, 15) is 18.0 Å². The number of nitrogens with zero attached hydrogens (tertiary/aromatic N) is 2. The van der Waals surface area contributed by atoms with Crippen LogP contribution < -0.4 is 10.1 Å². The highest BCUT2D eigenvalue weighted by molar-refractivity contribution is 5.95. The molecule has 0 spiro atoms. The molecule has 0 atom stereocenters. The van der Waals surface area contributed by atoms with Gasteiger partial charge in [0.2, 0.25) is 11.7 Å². The van der Waals surface area contributed by atoms with Crippen LogP contribution in [0.15, 0.2) is 69.6 Å². The van der Waals surface area contributed by atoms with E-state index in [1.54, 1.807) is 19.1 Å². The zero-order chi connectivity index (χ0) is 23.4. The van der Waals surface area contributed by atoms with Gasteiger partial charge < -0.3 is 19.0 Å². The number of nitrogens with one attached hydrogen (secondary N) is 1. The van der Waals surface area contributed by atoms with Crippen molar-refractivity contribution in [1.82, 2.24) is 15.5 Å². The van der Waals surface area contributed by atoms with E-state index in [4.69, 9.17) is 9.15 Å². The smallest absolute Gasteiger partial charge is 0.471 e. The number of fused-ring (bicyclic) bond motifs is 1. The quantitative estimate of drug-likeness (QED) is 0.307. The van der Waals surface area contributed by atoms with Crippen molar-refractivity contribution in [3.05, 3.63) is 72.3 Å². The standard InChI is InChI=1S/C23H18F3N3O4/c1-14(19-13-16-4-2-3-5-18(16)32-19)12-20(30)27-10-11-31-17-8-6-15(7-9-17)21-28-22(33-29-21)23(24,25)26/h2-9,12-13H,10-11H2,1H3,(H,27,30). The van der Waals surface area contributed by atoms with E-state index >= 15 is 0 Å². The predicted octanol–water partition coefficient (Wildman–Crippen LogP) is 5.10. The van der Waals surface area contributed by atoms with Crippen molar-refractivity contribution in [3.63, 3.8) is 0 Å². The maximum atomic E-state index is 12.6. The summed E-state index contributed by atoms with van der Waals surface area (Å²) in [5.41, 5.74) is 1.79. The Labute approximate surface area is 185 Å². The minimum absolute atomic E-state index is 0.173. The molecule has 0 aliphatic carbocycles. The third-order valence-corrected chi connectivity index (χ3v) is 4.61. The van der Waals surface area contributed by atoms with Crippen LogP contribution in [-0.4, -0.2) is 29.2 Å². The van der Waals surface area contributed by atoms with Gasteiger partial charge >= 0.3 is 12.1 Å². The van der Waals surface area contributed by atoms with E-state index < -0.39 is 12.1 Å². The Bertz CT molecular complexity index is 1260. The topological polar surface area (TPSA) is 90.4 Å². The minimum Gasteiger partial charge on any atom is -0.492 e. The summed E-state index contributed by atoms with van der Waals surface area (Å²) in [6, 6.07) is 15.6. The lowest BCUT2D eigenvalue weighted by atomic mass is 10.2. The Balaban J connectivity index is 1.26. The number of halogens is 3. The number of carbonyl (C=O) groups is 1. The van der Waals surface area contributed by atoms with E-state index in [0.717, 1.165) is 11.0 Å². The van der Waals surface area contributed by atoms with E-state index in [2.05, 4.69) is 20.0 Å². The fourth-order valence-corrected chi connectivity index (χ4v) is 2.99. The molecular formula is C23H18F3N3O4. The van der Waals surface area contributed by atoms with Crippen molar-refractivity contribution >= 4 is 22.4 Å². The summed E-state index contributed by atoms with van der Waals surface area (Å²) in [6.07, 6.45) is -3.24. The fourth-order valence-electron chi connectivity index (χ4n) is 2.99. The SMILES string of the molecule is CC(=CC(=O)NCCOc1ccc(-c2noc(C(F)(F)F)n2)cc1)c1cc2ccccc2o1. The number of hydrogen-bond donors (Lipinski definition) is 1. The molecule has 0 saturated heterocycles. The Morgan fingerprint density at radius 3 is 2.61 bits per heavy atom. The lowest BCUT2D eigenvalue weighted by Crippen LogP contribution is -2.26. The van der Waals surface area contributed by atoms with Gasteiger partial charge in [0.25, 0.3) is 0 Å². The molecule has 7 nitrogen and oxygen atoms in total. The first-order valence-corrected chi connectivity index (χ1v) is 9.89. The van der Waals surface area contributed by atoms with Gasteiger partial charge in [-0.1, -0.05) is 23.4 Å². The van der Waals surface area contributed by atoms with Crippen molar-refractivity contribution in [2.45, 2.75) is 13.1 Å². The number of furan rings is 1. The van der Waals surface area contributed by atoms with Crippen molar-refractivity contribution < 1.29 is 31.6 Å². The van der Waals surface area contributed by atoms with Gasteiger partial charge in [-0.2, -0.15) is 18.2 Å². The van der Waals surface area contributed by atoms with Crippen LogP contribution in [0.3, 0.4) is 0 Å². The van der Waals surface area contributed by atoms with E-state index in [0.29, 0.717) is 22.6 Å². The zero-order valence-electron chi connectivity index (χ0n) is 17.3. The summed E-state index contributed by atoms with van der Waals surface area (Å²) in [6.45, 7) is 2.24. The second-order valence-corrected chi connectivity index (χ2v) is 7.06. The first kappa shape index (κ1) is 22.1. The zero-order valence-corrected chi connectivity index (χ0v) is 17.3. The molecule has 0 unspecified atom stereocenters. The third-order valence-electron chi connectivity index (χ3n) is 4.61. The van der Waals surface area contributed by atoms with Gasteiger partial charge in [-0.15, -0.1) is 0 Å². The second-order valence-electron chi connectivity index (χ2n) is 7.06. The number of amides is 1. The number of ether oxygens (including phenoxy) is 1. The lowest BCUT2D eigenvalue weighted by Gasteiger charge is -2.07. The summed E-state index contributed by atoms with van der Waals surface area (Å²) in [5.74, 6) is -0.774. The van der Waals surface area contributed by atoms with E-state index in [-0.39, 0.29) is 24.9 Å². The monoisotopic (exact) mass is 457 g/mol. The van der Waals surface area contributed by atoms with Crippen LogP contribution in [0.1, 0.15) is 18.6 Å². The summed E-state index contributed by atoms with van der Waals surface area (Å²) >= 11 is 0. The molecule has 33 heavy (non-hydrogen) atoms.